The number of nitrogens with zero attached hydrogens (tertiary/aromatic N) is 1. The number of thioether (sulfide) groups is 1. The van der Waals surface area contributed by atoms with Crippen molar-refractivity contribution in [2.75, 3.05) is 12.4 Å². The molecule has 0 heterocycles. The van der Waals surface area contributed by atoms with Crippen LogP contribution in [-0.4, -0.2) is 29.1 Å². The predicted octanol–water partition coefficient (Wildman–Crippen LogP) is 5.90. The fourth-order valence-corrected chi connectivity index (χ4v) is 3.85. The molecule has 0 unspecified atom stereocenters. The molecule has 0 radical (unpaired) electrons. The maximum absolute atomic E-state index is 10.8. The number of aliphatic carboxylic acids is 1. The van der Waals surface area contributed by atoms with Crippen molar-refractivity contribution < 1.29 is 14.7 Å². The molecule has 3 aromatic rings. The van der Waals surface area contributed by atoms with Crippen molar-refractivity contribution >= 4 is 23.4 Å². The number of rotatable bonds is 10. The average Bonchev–Trinajstić information content (AvgIpc) is 2.77. The summed E-state index contributed by atoms with van der Waals surface area (Å²) in [6.45, 7) is 2.55. The van der Waals surface area contributed by atoms with Crippen molar-refractivity contribution in [1.29, 1.82) is 0 Å². The van der Waals surface area contributed by atoms with Crippen molar-refractivity contribution in [2.24, 2.45) is 5.16 Å². The van der Waals surface area contributed by atoms with Crippen molar-refractivity contribution in [3.63, 3.8) is 0 Å². The van der Waals surface area contributed by atoms with E-state index in [1.54, 1.807) is 11.8 Å². The Kier molecular flexibility index (Phi) is 8.10. The number of carboxylic acids is 1. The van der Waals surface area contributed by atoms with Gasteiger partial charge in [0.15, 0.2) is 0 Å². The molecule has 4 nitrogen and oxygen atoms in total. The average molecular weight is 420 g/mol. The summed E-state index contributed by atoms with van der Waals surface area (Å²) >= 11 is 1.63. The zero-order valence-electron chi connectivity index (χ0n) is 17.0. The number of benzene rings is 3. The van der Waals surface area contributed by atoms with E-state index in [4.69, 9.17) is 9.94 Å². The molecule has 154 valence electrons. The van der Waals surface area contributed by atoms with Gasteiger partial charge in [-0.15, -0.1) is 11.8 Å². The van der Waals surface area contributed by atoms with E-state index in [0.717, 1.165) is 33.9 Å². The van der Waals surface area contributed by atoms with E-state index >= 15 is 0 Å². The molecule has 0 saturated carbocycles. The molecule has 1 N–H and O–H groups in total. The van der Waals surface area contributed by atoms with Crippen LogP contribution in [0.15, 0.2) is 88.9 Å². The smallest absolute Gasteiger partial charge is 0.307 e. The second-order valence-corrected chi connectivity index (χ2v) is 7.90. The van der Waals surface area contributed by atoms with E-state index in [9.17, 15) is 4.79 Å². The Morgan fingerprint density at radius 1 is 0.967 bits per heavy atom. The molecule has 0 spiro atoms. The molecule has 0 aliphatic rings. The lowest BCUT2D eigenvalue weighted by Gasteiger charge is -2.07. The molecule has 3 rings (SSSR count). The van der Waals surface area contributed by atoms with Crippen LogP contribution < -0.4 is 0 Å². The van der Waals surface area contributed by atoms with Gasteiger partial charge in [-0.05, 0) is 40.8 Å². The molecule has 0 fully saturated rings. The van der Waals surface area contributed by atoms with Crippen LogP contribution >= 0.6 is 11.8 Å². The molecule has 0 aliphatic heterocycles. The van der Waals surface area contributed by atoms with Gasteiger partial charge in [0.1, 0.15) is 6.61 Å². The van der Waals surface area contributed by atoms with E-state index in [1.165, 1.54) is 11.1 Å². The van der Waals surface area contributed by atoms with Gasteiger partial charge in [-0.2, -0.15) is 0 Å². The van der Waals surface area contributed by atoms with Crippen LogP contribution in [0.1, 0.15) is 24.5 Å². The minimum absolute atomic E-state index is 0.0398. The number of hydrogen-bond donors (Lipinski definition) is 1. The number of hydrogen-bond acceptors (Lipinski definition) is 4. The fraction of sp³-hybridized carbons (Fsp3) is 0.200. The third-order valence-electron chi connectivity index (χ3n) is 4.53. The molecule has 0 aromatic heterocycles. The fourth-order valence-electron chi connectivity index (χ4n) is 3.05. The molecule has 0 aliphatic carbocycles. The van der Waals surface area contributed by atoms with Gasteiger partial charge in [0.2, 0.25) is 0 Å². The maximum atomic E-state index is 10.8. The van der Waals surface area contributed by atoms with Crippen LogP contribution in [0.3, 0.4) is 0 Å². The van der Waals surface area contributed by atoms with Gasteiger partial charge in [0.25, 0.3) is 0 Å². The Morgan fingerprint density at radius 2 is 1.70 bits per heavy atom. The van der Waals surface area contributed by atoms with Gasteiger partial charge in [0, 0.05) is 10.6 Å². The van der Waals surface area contributed by atoms with Crippen LogP contribution in [0.2, 0.25) is 0 Å². The number of oxime groups is 1. The molecule has 0 amide bonds. The molecule has 0 atom stereocenters. The Hall–Kier alpha value is -3.05. The second-order valence-electron chi connectivity index (χ2n) is 6.73. The highest BCUT2D eigenvalue weighted by atomic mass is 32.2. The van der Waals surface area contributed by atoms with Gasteiger partial charge in [-0.1, -0.05) is 78.8 Å². The van der Waals surface area contributed by atoms with Crippen LogP contribution in [0, 0.1) is 0 Å². The summed E-state index contributed by atoms with van der Waals surface area (Å²) in [5.74, 6) is -0.0806. The first-order valence-electron chi connectivity index (χ1n) is 9.94. The maximum Gasteiger partial charge on any atom is 0.307 e. The van der Waals surface area contributed by atoms with Gasteiger partial charge >= 0.3 is 5.97 Å². The van der Waals surface area contributed by atoms with Crippen LogP contribution in [-0.2, 0) is 16.1 Å². The van der Waals surface area contributed by atoms with E-state index in [0.29, 0.717) is 6.61 Å². The SMILES string of the molecule is CCC(=NOCCSc1cccc(CC(=O)O)c1)c1ccc(-c2ccccc2)cc1. The first-order valence-corrected chi connectivity index (χ1v) is 10.9. The first-order chi connectivity index (χ1) is 14.7. The van der Waals surface area contributed by atoms with Crippen LogP contribution in [0.25, 0.3) is 11.1 Å². The lowest BCUT2D eigenvalue weighted by atomic mass is 10.0. The van der Waals surface area contributed by atoms with E-state index < -0.39 is 5.97 Å². The first kappa shape index (κ1) is 21.7. The minimum atomic E-state index is -0.821. The summed E-state index contributed by atoms with van der Waals surface area (Å²) in [6.07, 6.45) is 0.827. The Bertz CT molecular complexity index is 985. The highest BCUT2D eigenvalue weighted by Gasteiger charge is 2.05. The molecule has 0 saturated heterocycles. The lowest BCUT2D eigenvalue weighted by molar-refractivity contribution is -0.136. The van der Waals surface area contributed by atoms with Crippen LogP contribution in [0.5, 0.6) is 0 Å². The van der Waals surface area contributed by atoms with Crippen LogP contribution in [0.4, 0.5) is 0 Å². The van der Waals surface area contributed by atoms with E-state index in [-0.39, 0.29) is 6.42 Å². The zero-order chi connectivity index (χ0) is 21.2. The molecule has 30 heavy (non-hydrogen) atoms. The van der Waals surface area contributed by atoms with Crippen molar-refractivity contribution in [3.8, 4) is 11.1 Å². The predicted molar refractivity (Wildman–Crippen MR) is 123 cm³/mol. The van der Waals surface area contributed by atoms with Gasteiger partial charge in [0.05, 0.1) is 12.1 Å². The Balaban J connectivity index is 1.52. The summed E-state index contributed by atoms with van der Waals surface area (Å²) in [5.41, 5.74) is 5.16. The van der Waals surface area contributed by atoms with Gasteiger partial charge < -0.3 is 9.94 Å². The Morgan fingerprint density at radius 3 is 2.40 bits per heavy atom. The summed E-state index contributed by atoms with van der Waals surface area (Å²) in [6, 6.07) is 26.3. The Labute approximate surface area is 181 Å². The summed E-state index contributed by atoms with van der Waals surface area (Å²) < 4.78 is 0. The highest BCUT2D eigenvalue weighted by molar-refractivity contribution is 7.99. The molecular weight excluding hydrogens is 394 g/mol. The summed E-state index contributed by atoms with van der Waals surface area (Å²) in [7, 11) is 0. The van der Waals surface area contributed by atoms with E-state index in [1.807, 2.05) is 42.5 Å². The van der Waals surface area contributed by atoms with E-state index in [2.05, 4.69) is 48.5 Å². The summed E-state index contributed by atoms with van der Waals surface area (Å²) in [5, 5.41) is 13.2. The highest BCUT2D eigenvalue weighted by Crippen LogP contribution is 2.21. The van der Waals surface area contributed by atoms with Crippen molar-refractivity contribution in [1.82, 2.24) is 0 Å². The largest absolute Gasteiger partial charge is 0.481 e. The monoisotopic (exact) mass is 419 g/mol. The molecule has 5 heteroatoms. The third kappa shape index (κ3) is 6.49. The third-order valence-corrected chi connectivity index (χ3v) is 5.49. The lowest BCUT2D eigenvalue weighted by Crippen LogP contribution is -2.02. The van der Waals surface area contributed by atoms with Gasteiger partial charge in [-0.3, -0.25) is 4.79 Å². The summed E-state index contributed by atoms with van der Waals surface area (Å²) in [4.78, 5) is 17.4. The van der Waals surface area contributed by atoms with Crippen molar-refractivity contribution in [3.05, 3.63) is 90.0 Å². The van der Waals surface area contributed by atoms with Crippen molar-refractivity contribution in [2.45, 2.75) is 24.7 Å². The standard InChI is InChI=1S/C25H25NO3S/c1-2-24(22-13-11-21(12-14-22)20-8-4-3-5-9-20)26-29-15-16-30-23-10-6-7-19(17-23)18-25(27)28/h3-14,17H,2,15-16,18H2,1H3,(H,27,28). The number of carbonyl (C=O) groups is 1. The zero-order valence-corrected chi connectivity index (χ0v) is 17.8. The second kappa shape index (κ2) is 11.2. The quantitative estimate of drug-likeness (QED) is 0.192. The molecule has 0 bridgehead atoms. The normalized spacial score (nSPS) is 11.3. The molecular formula is C25H25NO3S. The molecule has 3 aromatic carbocycles. The topological polar surface area (TPSA) is 58.9 Å². The minimum Gasteiger partial charge on any atom is -0.481 e. The number of carboxylic acid groups (broad SMARTS) is 1. The van der Waals surface area contributed by atoms with Gasteiger partial charge in [-0.25, -0.2) is 0 Å².